The van der Waals surface area contributed by atoms with Crippen LogP contribution in [-0.2, 0) is 4.79 Å². The fraction of sp³-hybridized carbons (Fsp3) is 0.222. The molecule has 0 atom stereocenters. The summed E-state index contributed by atoms with van der Waals surface area (Å²) in [6.45, 7) is 1.96. The second kappa shape index (κ2) is 8.36. The predicted molar refractivity (Wildman–Crippen MR) is 96.2 cm³/mol. The van der Waals surface area contributed by atoms with Gasteiger partial charge in [-0.15, -0.1) is 0 Å². The second-order valence-corrected chi connectivity index (χ2v) is 5.64. The van der Waals surface area contributed by atoms with Gasteiger partial charge in [0.2, 0.25) is 5.91 Å². The number of ketones is 1. The van der Waals surface area contributed by atoms with E-state index in [2.05, 4.69) is 10.6 Å². The number of carbonyl (C=O) groups is 2. The summed E-state index contributed by atoms with van der Waals surface area (Å²) in [6, 6.07) is 12.2. The largest absolute Gasteiger partial charge is 0.495 e. The quantitative estimate of drug-likeness (QED) is 0.744. The van der Waals surface area contributed by atoms with E-state index in [1.165, 1.54) is 14.0 Å². The zero-order chi connectivity index (χ0) is 17.5. The summed E-state index contributed by atoms with van der Waals surface area (Å²) in [5, 5.41) is 6.42. The Balaban J connectivity index is 1.89. The van der Waals surface area contributed by atoms with E-state index < -0.39 is 0 Å². The molecule has 0 aliphatic carbocycles. The Morgan fingerprint density at radius 3 is 2.67 bits per heavy atom. The number of nitrogens with one attached hydrogen (secondary N) is 2. The van der Waals surface area contributed by atoms with Gasteiger partial charge in [-0.3, -0.25) is 9.59 Å². The molecular weight excluding hydrogens is 328 g/mol. The Morgan fingerprint density at radius 2 is 1.96 bits per heavy atom. The minimum Gasteiger partial charge on any atom is -0.495 e. The van der Waals surface area contributed by atoms with Gasteiger partial charge in [0.15, 0.2) is 5.78 Å². The summed E-state index contributed by atoms with van der Waals surface area (Å²) < 4.78 is 5.19. The van der Waals surface area contributed by atoms with Crippen LogP contribution >= 0.6 is 11.6 Å². The zero-order valence-corrected chi connectivity index (χ0v) is 14.3. The highest BCUT2D eigenvalue weighted by Gasteiger charge is 2.08. The van der Waals surface area contributed by atoms with Gasteiger partial charge < -0.3 is 15.4 Å². The molecule has 0 unspecified atom stereocenters. The van der Waals surface area contributed by atoms with Crippen LogP contribution in [-0.4, -0.2) is 25.3 Å². The molecule has 24 heavy (non-hydrogen) atoms. The minimum absolute atomic E-state index is 0.00412. The molecule has 0 aliphatic heterocycles. The summed E-state index contributed by atoms with van der Waals surface area (Å²) in [4.78, 5) is 23.4. The van der Waals surface area contributed by atoms with Crippen molar-refractivity contribution in [2.24, 2.45) is 0 Å². The lowest BCUT2D eigenvalue weighted by atomic mass is 10.1. The molecular formula is C18H19ClN2O3. The van der Waals surface area contributed by atoms with Crippen LogP contribution in [0, 0.1) is 0 Å². The molecule has 2 aromatic carbocycles. The Bertz CT molecular complexity index is 747. The van der Waals surface area contributed by atoms with E-state index in [0.29, 0.717) is 28.6 Å². The van der Waals surface area contributed by atoms with E-state index in [9.17, 15) is 9.59 Å². The van der Waals surface area contributed by atoms with Crippen molar-refractivity contribution < 1.29 is 14.3 Å². The van der Waals surface area contributed by atoms with Crippen LogP contribution in [0.1, 0.15) is 23.7 Å². The van der Waals surface area contributed by atoms with Gasteiger partial charge in [-0.1, -0.05) is 23.7 Å². The first-order valence-corrected chi connectivity index (χ1v) is 7.85. The van der Waals surface area contributed by atoms with Crippen molar-refractivity contribution in [3.05, 3.63) is 53.1 Å². The van der Waals surface area contributed by atoms with Crippen LogP contribution in [0.5, 0.6) is 5.75 Å². The van der Waals surface area contributed by atoms with Crippen molar-refractivity contribution in [1.29, 1.82) is 0 Å². The van der Waals surface area contributed by atoms with Crippen LogP contribution in [0.25, 0.3) is 0 Å². The van der Waals surface area contributed by atoms with Crippen LogP contribution in [0.2, 0.25) is 5.02 Å². The molecule has 2 N–H and O–H groups in total. The summed E-state index contributed by atoms with van der Waals surface area (Å²) in [7, 11) is 1.53. The highest BCUT2D eigenvalue weighted by Crippen LogP contribution is 2.27. The van der Waals surface area contributed by atoms with E-state index >= 15 is 0 Å². The fourth-order valence-electron chi connectivity index (χ4n) is 2.16. The third-order valence-electron chi connectivity index (χ3n) is 3.39. The van der Waals surface area contributed by atoms with Gasteiger partial charge in [0.1, 0.15) is 5.75 Å². The number of hydrogen-bond donors (Lipinski definition) is 2. The topological polar surface area (TPSA) is 67.4 Å². The molecule has 0 heterocycles. The first-order valence-electron chi connectivity index (χ1n) is 7.48. The fourth-order valence-corrected chi connectivity index (χ4v) is 2.33. The van der Waals surface area contributed by atoms with Crippen LogP contribution in [0.3, 0.4) is 0 Å². The van der Waals surface area contributed by atoms with E-state index in [0.717, 1.165) is 5.69 Å². The molecule has 0 saturated heterocycles. The van der Waals surface area contributed by atoms with Gasteiger partial charge in [-0.25, -0.2) is 0 Å². The highest BCUT2D eigenvalue weighted by molar-refractivity contribution is 6.31. The molecule has 5 nitrogen and oxygen atoms in total. The molecule has 2 aromatic rings. The molecule has 0 bridgehead atoms. The summed E-state index contributed by atoms with van der Waals surface area (Å²) in [5.41, 5.74) is 1.97. The minimum atomic E-state index is -0.161. The van der Waals surface area contributed by atoms with Gasteiger partial charge >= 0.3 is 0 Å². The molecule has 0 radical (unpaired) electrons. The average Bonchev–Trinajstić information content (AvgIpc) is 2.55. The van der Waals surface area contributed by atoms with Crippen molar-refractivity contribution in [2.75, 3.05) is 24.3 Å². The van der Waals surface area contributed by atoms with E-state index in [1.807, 2.05) is 6.07 Å². The number of Topliss-reactive ketones (excluding diaryl/α,β-unsaturated/α-hetero) is 1. The lowest BCUT2D eigenvalue weighted by Gasteiger charge is -2.11. The van der Waals surface area contributed by atoms with Gasteiger partial charge in [-0.05, 0) is 37.3 Å². The molecule has 0 fully saturated rings. The molecule has 126 valence electrons. The number of rotatable bonds is 7. The number of carbonyl (C=O) groups excluding carboxylic acids is 2. The number of hydrogen-bond acceptors (Lipinski definition) is 4. The molecule has 0 aliphatic rings. The smallest absolute Gasteiger partial charge is 0.226 e. The van der Waals surface area contributed by atoms with Crippen LogP contribution < -0.4 is 15.4 Å². The van der Waals surface area contributed by atoms with Crippen molar-refractivity contribution in [2.45, 2.75) is 13.3 Å². The SMILES string of the molecule is COc1ccc(Cl)cc1NC(=O)CCNc1cccc(C(C)=O)c1. The van der Waals surface area contributed by atoms with Gasteiger partial charge in [0.05, 0.1) is 12.8 Å². The summed E-state index contributed by atoms with van der Waals surface area (Å²) in [6.07, 6.45) is 0.264. The summed E-state index contributed by atoms with van der Waals surface area (Å²) in [5.74, 6) is 0.394. The first kappa shape index (κ1) is 17.8. The lowest BCUT2D eigenvalue weighted by molar-refractivity contribution is -0.116. The van der Waals surface area contributed by atoms with Crippen molar-refractivity contribution in [3.8, 4) is 5.75 Å². The van der Waals surface area contributed by atoms with E-state index in [-0.39, 0.29) is 18.1 Å². The molecule has 0 spiro atoms. The van der Waals surface area contributed by atoms with Crippen molar-refractivity contribution in [3.63, 3.8) is 0 Å². The number of halogens is 1. The number of amides is 1. The number of ether oxygens (including phenoxy) is 1. The van der Waals surface area contributed by atoms with Gasteiger partial charge in [0, 0.05) is 29.2 Å². The third-order valence-corrected chi connectivity index (χ3v) is 3.62. The molecule has 0 saturated carbocycles. The van der Waals surface area contributed by atoms with Gasteiger partial charge in [-0.2, -0.15) is 0 Å². The highest BCUT2D eigenvalue weighted by atomic mass is 35.5. The van der Waals surface area contributed by atoms with Crippen molar-refractivity contribution in [1.82, 2.24) is 0 Å². The first-order chi connectivity index (χ1) is 11.5. The Morgan fingerprint density at radius 1 is 1.17 bits per heavy atom. The Labute approximate surface area is 146 Å². The van der Waals surface area contributed by atoms with Crippen molar-refractivity contribution >= 4 is 34.7 Å². The van der Waals surface area contributed by atoms with E-state index in [1.54, 1.807) is 36.4 Å². The predicted octanol–water partition coefficient (Wildman–Crippen LogP) is 3.99. The molecule has 6 heteroatoms. The lowest BCUT2D eigenvalue weighted by Crippen LogP contribution is -2.16. The molecule has 2 rings (SSSR count). The maximum atomic E-state index is 12.1. The maximum absolute atomic E-state index is 12.1. The van der Waals surface area contributed by atoms with Crippen LogP contribution in [0.4, 0.5) is 11.4 Å². The zero-order valence-electron chi connectivity index (χ0n) is 13.6. The number of anilines is 2. The third kappa shape index (κ3) is 4.99. The average molecular weight is 347 g/mol. The second-order valence-electron chi connectivity index (χ2n) is 5.21. The number of benzene rings is 2. The Kier molecular flexibility index (Phi) is 6.21. The van der Waals surface area contributed by atoms with Crippen LogP contribution in [0.15, 0.2) is 42.5 Å². The maximum Gasteiger partial charge on any atom is 0.226 e. The van der Waals surface area contributed by atoms with Gasteiger partial charge in [0.25, 0.3) is 0 Å². The molecule has 0 aromatic heterocycles. The number of methoxy groups -OCH3 is 1. The molecule has 1 amide bonds. The van der Waals surface area contributed by atoms with E-state index in [4.69, 9.17) is 16.3 Å². The standard InChI is InChI=1S/C18H19ClN2O3/c1-12(22)13-4-3-5-15(10-13)20-9-8-18(23)21-16-11-14(19)6-7-17(16)24-2/h3-7,10-11,20H,8-9H2,1-2H3,(H,21,23). The Hall–Kier alpha value is -2.53. The monoisotopic (exact) mass is 346 g/mol. The summed E-state index contributed by atoms with van der Waals surface area (Å²) >= 11 is 5.94. The normalized spacial score (nSPS) is 10.1.